The molecule has 1 rings (SSSR count). The Labute approximate surface area is 112 Å². The summed E-state index contributed by atoms with van der Waals surface area (Å²) in [6.45, 7) is 2.01. The zero-order valence-corrected chi connectivity index (χ0v) is 11.3. The Morgan fingerprint density at radius 1 is 1.39 bits per heavy atom. The lowest BCUT2D eigenvalue weighted by atomic mass is 10.1. The number of nitrogens with one attached hydrogen (secondary N) is 1. The van der Waals surface area contributed by atoms with Crippen LogP contribution in [0.5, 0.6) is 0 Å². The highest BCUT2D eigenvalue weighted by molar-refractivity contribution is 6.18. The number of alkyl halides is 1. The van der Waals surface area contributed by atoms with Crippen molar-refractivity contribution >= 4 is 17.5 Å². The third-order valence-electron chi connectivity index (χ3n) is 2.50. The number of carbonyl (C=O) groups is 1. The lowest BCUT2D eigenvalue weighted by Gasteiger charge is -2.23. The molecule has 18 heavy (non-hydrogen) atoms. The molecule has 0 radical (unpaired) electrons. The van der Waals surface area contributed by atoms with Crippen LogP contribution in [0.1, 0.15) is 17.3 Å². The van der Waals surface area contributed by atoms with Gasteiger partial charge in [0.05, 0.1) is 18.0 Å². The van der Waals surface area contributed by atoms with Gasteiger partial charge in [-0.25, -0.2) is 0 Å². The molecule has 0 heterocycles. The van der Waals surface area contributed by atoms with Crippen molar-refractivity contribution in [1.82, 2.24) is 5.32 Å². The van der Waals surface area contributed by atoms with Crippen molar-refractivity contribution in [3.63, 3.8) is 0 Å². The molecule has 0 aromatic heterocycles. The number of hydrogen-bond acceptors (Lipinski definition) is 3. The van der Waals surface area contributed by atoms with Gasteiger partial charge in [0.1, 0.15) is 6.79 Å². The first-order valence-electron chi connectivity index (χ1n) is 5.71. The molecule has 2 atom stereocenters. The largest absolute Gasteiger partial charge is 0.359 e. The summed E-state index contributed by atoms with van der Waals surface area (Å²) in [6.07, 6.45) is -0.278. The van der Waals surface area contributed by atoms with E-state index in [0.29, 0.717) is 11.4 Å². The van der Waals surface area contributed by atoms with Gasteiger partial charge >= 0.3 is 0 Å². The van der Waals surface area contributed by atoms with Crippen molar-refractivity contribution in [2.24, 2.45) is 0 Å². The molecule has 100 valence electrons. The number of benzene rings is 1. The van der Waals surface area contributed by atoms with E-state index in [1.54, 1.807) is 19.2 Å². The summed E-state index contributed by atoms with van der Waals surface area (Å²) < 4.78 is 10.2. The van der Waals surface area contributed by atoms with Gasteiger partial charge in [-0.15, -0.1) is 11.6 Å². The van der Waals surface area contributed by atoms with Gasteiger partial charge in [0, 0.05) is 12.7 Å². The predicted molar refractivity (Wildman–Crippen MR) is 70.8 cm³/mol. The van der Waals surface area contributed by atoms with E-state index in [2.05, 4.69) is 5.32 Å². The van der Waals surface area contributed by atoms with Crippen molar-refractivity contribution in [3.05, 3.63) is 35.9 Å². The maximum atomic E-state index is 11.9. The molecule has 0 saturated carbocycles. The van der Waals surface area contributed by atoms with E-state index in [-0.39, 0.29) is 24.8 Å². The lowest BCUT2D eigenvalue weighted by Crippen LogP contribution is -2.43. The van der Waals surface area contributed by atoms with E-state index in [0.717, 1.165) is 0 Å². The highest BCUT2D eigenvalue weighted by atomic mass is 35.5. The first kappa shape index (κ1) is 15.0. The van der Waals surface area contributed by atoms with Gasteiger partial charge in [-0.05, 0) is 19.1 Å². The number of ether oxygens (including phenoxy) is 2. The van der Waals surface area contributed by atoms with Crippen LogP contribution in [0.25, 0.3) is 0 Å². The molecule has 5 heteroatoms. The topological polar surface area (TPSA) is 47.6 Å². The molecule has 0 spiro atoms. The second-order valence-electron chi connectivity index (χ2n) is 3.89. The predicted octanol–water partition coefficient (Wildman–Crippen LogP) is 2.03. The molecular formula is C13H18ClNO3. The highest BCUT2D eigenvalue weighted by Gasteiger charge is 2.19. The molecule has 0 fully saturated rings. The van der Waals surface area contributed by atoms with Gasteiger partial charge in [-0.2, -0.15) is 0 Å². The average molecular weight is 272 g/mol. The zero-order valence-electron chi connectivity index (χ0n) is 10.6. The van der Waals surface area contributed by atoms with E-state index in [1.165, 1.54) is 0 Å². The van der Waals surface area contributed by atoms with Crippen LogP contribution >= 0.6 is 11.6 Å². The number of amides is 1. The van der Waals surface area contributed by atoms with Crippen molar-refractivity contribution in [1.29, 1.82) is 0 Å². The summed E-state index contributed by atoms with van der Waals surface area (Å²) in [5.41, 5.74) is 0.615. The number of hydrogen-bond donors (Lipinski definition) is 1. The zero-order chi connectivity index (χ0) is 13.4. The molecular weight excluding hydrogens is 254 g/mol. The van der Waals surface area contributed by atoms with E-state index in [9.17, 15) is 4.79 Å². The molecule has 4 nitrogen and oxygen atoms in total. The molecule has 0 aliphatic rings. The quantitative estimate of drug-likeness (QED) is 0.610. The van der Waals surface area contributed by atoms with Gasteiger partial charge in [0.25, 0.3) is 5.91 Å². The van der Waals surface area contributed by atoms with E-state index in [1.807, 2.05) is 25.1 Å². The van der Waals surface area contributed by atoms with Crippen LogP contribution in [0.2, 0.25) is 0 Å². The van der Waals surface area contributed by atoms with Gasteiger partial charge in [0.15, 0.2) is 0 Å². The van der Waals surface area contributed by atoms with Crippen LogP contribution in [-0.4, -0.2) is 37.8 Å². The Bertz CT molecular complexity index is 359. The number of rotatable bonds is 7. The van der Waals surface area contributed by atoms with E-state index < -0.39 is 0 Å². The Kier molecular flexibility index (Phi) is 6.72. The summed E-state index contributed by atoms with van der Waals surface area (Å²) in [5, 5.41) is 2.85. The van der Waals surface area contributed by atoms with Crippen LogP contribution in [0.3, 0.4) is 0 Å². The summed E-state index contributed by atoms with van der Waals surface area (Å²) in [4.78, 5) is 11.9. The molecule has 1 aromatic rings. The number of methoxy groups -OCH3 is 1. The minimum absolute atomic E-state index is 0.140. The summed E-state index contributed by atoms with van der Waals surface area (Å²) in [6, 6.07) is 8.83. The summed E-state index contributed by atoms with van der Waals surface area (Å²) in [5.74, 6) is 0.152. The fraction of sp³-hybridized carbons (Fsp3) is 0.462. The first-order valence-corrected chi connectivity index (χ1v) is 6.25. The third kappa shape index (κ3) is 4.64. The van der Waals surface area contributed by atoms with E-state index in [4.69, 9.17) is 21.1 Å². The minimum Gasteiger partial charge on any atom is -0.359 e. The standard InChI is InChI=1S/C13H18ClNO3/c1-10(12(8-14)18-9-17-2)15-13(16)11-6-4-3-5-7-11/h3-7,10,12H,8-9H2,1-2H3,(H,15,16)/t10?,12-/m1/s1. The van der Waals surface area contributed by atoms with Crippen molar-refractivity contribution in [2.45, 2.75) is 19.1 Å². The van der Waals surface area contributed by atoms with Gasteiger partial charge in [-0.3, -0.25) is 4.79 Å². The Hall–Kier alpha value is -1.10. The second kappa shape index (κ2) is 8.08. The van der Waals surface area contributed by atoms with Crippen LogP contribution in [0.4, 0.5) is 0 Å². The maximum absolute atomic E-state index is 11.9. The molecule has 1 aromatic carbocycles. The third-order valence-corrected chi connectivity index (χ3v) is 2.81. The molecule has 1 unspecified atom stereocenters. The van der Waals surface area contributed by atoms with Crippen LogP contribution in [0.15, 0.2) is 30.3 Å². The number of halogens is 1. The summed E-state index contributed by atoms with van der Waals surface area (Å²) in [7, 11) is 1.54. The lowest BCUT2D eigenvalue weighted by molar-refractivity contribution is -0.0723. The van der Waals surface area contributed by atoms with Crippen LogP contribution in [-0.2, 0) is 9.47 Å². The minimum atomic E-state index is -0.278. The van der Waals surface area contributed by atoms with Crippen molar-refractivity contribution < 1.29 is 14.3 Å². The normalized spacial score (nSPS) is 13.9. The fourth-order valence-electron chi connectivity index (χ4n) is 1.45. The van der Waals surface area contributed by atoms with Crippen molar-refractivity contribution in [2.75, 3.05) is 19.8 Å². The van der Waals surface area contributed by atoms with Crippen LogP contribution in [0, 0.1) is 0 Å². The molecule has 0 bridgehead atoms. The Morgan fingerprint density at radius 3 is 2.61 bits per heavy atom. The Balaban J connectivity index is 2.52. The molecule has 1 amide bonds. The van der Waals surface area contributed by atoms with Gasteiger partial charge in [0.2, 0.25) is 0 Å². The molecule has 0 saturated heterocycles. The monoisotopic (exact) mass is 271 g/mol. The fourth-order valence-corrected chi connectivity index (χ4v) is 1.81. The Morgan fingerprint density at radius 2 is 2.06 bits per heavy atom. The molecule has 0 aliphatic carbocycles. The maximum Gasteiger partial charge on any atom is 0.251 e. The SMILES string of the molecule is COCO[C@H](CCl)C(C)NC(=O)c1ccccc1. The number of carbonyl (C=O) groups excluding carboxylic acids is 1. The van der Waals surface area contributed by atoms with Gasteiger partial charge < -0.3 is 14.8 Å². The molecule has 1 N–H and O–H groups in total. The average Bonchev–Trinajstić information content (AvgIpc) is 2.40. The second-order valence-corrected chi connectivity index (χ2v) is 4.20. The van der Waals surface area contributed by atoms with Crippen molar-refractivity contribution in [3.8, 4) is 0 Å². The summed E-state index contributed by atoms with van der Waals surface area (Å²) >= 11 is 5.80. The van der Waals surface area contributed by atoms with Gasteiger partial charge in [-0.1, -0.05) is 18.2 Å². The smallest absolute Gasteiger partial charge is 0.251 e. The van der Waals surface area contributed by atoms with E-state index >= 15 is 0 Å². The highest BCUT2D eigenvalue weighted by Crippen LogP contribution is 2.05. The molecule has 0 aliphatic heterocycles. The first-order chi connectivity index (χ1) is 8.69. The van der Waals surface area contributed by atoms with Crippen LogP contribution < -0.4 is 5.32 Å².